The number of phenols is 2. The minimum atomic E-state index is -1.08. The molecule has 3 aromatic carbocycles. The number of hydrogen-bond acceptors (Lipinski definition) is 8. The van der Waals surface area contributed by atoms with Gasteiger partial charge < -0.3 is 30.0 Å². The van der Waals surface area contributed by atoms with Crippen LogP contribution < -0.4 is 10.2 Å². The third kappa shape index (κ3) is 22.0. The summed E-state index contributed by atoms with van der Waals surface area (Å²) in [6.45, 7) is 19.8. The Morgan fingerprint density at radius 1 is 0.566 bits per heavy atom. The van der Waals surface area contributed by atoms with Gasteiger partial charge >= 0.3 is 16.8 Å². The van der Waals surface area contributed by atoms with Crippen molar-refractivity contribution in [2.24, 2.45) is 33.7 Å². The summed E-state index contributed by atoms with van der Waals surface area (Å²) in [5.41, 5.74) is 7.67. The quantitative estimate of drug-likeness (QED) is 0.140. The molecule has 0 bridgehead atoms. The minimum Gasteiger partial charge on any atom is -0.550 e. The molecule has 293 valence electrons. The van der Waals surface area contributed by atoms with Gasteiger partial charge in [-0.1, -0.05) is 67.5 Å². The van der Waals surface area contributed by atoms with E-state index >= 15 is 0 Å². The predicted molar refractivity (Wildman–Crippen MR) is 211 cm³/mol. The van der Waals surface area contributed by atoms with Crippen LogP contribution in [0.3, 0.4) is 0 Å². The molecular weight excluding hydrogens is 711 g/mol. The molecule has 8 nitrogen and oxygen atoms in total. The van der Waals surface area contributed by atoms with Gasteiger partial charge in [0.25, 0.3) is 0 Å². The van der Waals surface area contributed by atoms with Crippen molar-refractivity contribution in [2.75, 3.05) is 0 Å². The van der Waals surface area contributed by atoms with Crippen molar-refractivity contribution in [3.05, 3.63) is 81.9 Å². The van der Waals surface area contributed by atoms with E-state index in [1.54, 1.807) is 12.4 Å². The van der Waals surface area contributed by atoms with Crippen LogP contribution in [-0.2, 0) is 52.1 Å². The van der Waals surface area contributed by atoms with Crippen LogP contribution in [-0.4, -0.2) is 34.6 Å². The van der Waals surface area contributed by atoms with E-state index < -0.39 is 11.9 Å². The Hall–Kier alpha value is -3.95. The molecule has 3 aromatic rings. The van der Waals surface area contributed by atoms with Gasteiger partial charge in [0.1, 0.15) is 11.5 Å². The van der Waals surface area contributed by atoms with E-state index in [0.29, 0.717) is 35.2 Å². The Morgan fingerprint density at radius 2 is 0.830 bits per heavy atom. The fourth-order valence-corrected chi connectivity index (χ4v) is 5.15. The van der Waals surface area contributed by atoms with Crippen LogP contribution in [0.2, 0.25) is 0 Å². The summed E-state index contributed by atoms with van der Waals surface area (Å²) in [6.07, 6.45) is 11.6. The van der Waals surface area contributed by atoms with Crippen molar-refractivity contribution < 1.29 is 46.8 Å². The Balaban J connectivity index is 0.00000272. The van der Waals surface area contributed by atoms with E-state index in [1.165, 1.54) is 11.1 Å². The third-order valence-corrected chi connectivity index (χ3v) is 8.11. The number of hydrogen-bond donors (Lipinski definition) is 2. The second-order valence-corrected chi connectivity index (χ2v) is 15.1. The zero-order valence-electron chi connectivity index (χ0n) is 33.5. The zero-order valence-corrected chi connectivity index (χ0v) is 34.5. The minimum absolute atomic E-state index is 0. The van der Waals surface area contributed by atoms with E-state index in [-0.39, 0.29) is 16.8 Å². The number of carbonyl (C=O) groups excluding carboxylic acids is 2. The summed E-state index contributed by atoms with van der Waals surface area (Å²) in [6, 6.07) is 16.3. The monoisotopic (exact) mass is 773 g/mol. The maximum Gasteiger partial charge on any atom is 2.00 e. The summed E-state index contributed by atoms with van der Waals surface area (Å²) in [7, 11) is 0. The molecule has 3 rings (SSSR count). The molecular formula is C44H62CoN2O6. The molecule has 0 saturated heterocycles. The second kappa shape index (κ2) is 25.9. The molecule has 2 N–H and O–H groups in total. The van der Waals surface area contributed by atoms with Crippen LogP contribution in [0.4, 0.5) is 11.4 Å². The number of benzene rings is 3. The Morgan fingerprint density at radius 3 is 1.09 bits per heavy atom. The normalized spacial score (nSPS) is 11.1. The van der Waals surface area contributed by atoms with Crippen molar-refractivity contribution >= 4 is 35.7 Å². The Kier molecular flexibility index (Phi) is 24.0. The first-order chi connectivity index (χ1) is 24.4. The molecule has 0 aliphatic carbocycles. The topological polar surface area (TPSA) is 145 Å². The van der Waals surface area contributed by atoms with E-state index in [4.69, 9.17) is 29.8 Å². The first kappa shape index (κ1) is 49.0. The van der Waals surface area contributed by atoms with Gasteiger partial charge in [-0.05, 0) is 148 Å². The number of aliphatic carboxylic acids is 2. The smallest absolute Gasteiger partial charge is 0.550 e. The first-order valence-corrected chi connectivity index (χ1v) is 18.6. The summed E-state index contributed by atoms with van der Waals surface area (Å²) in [5.74, 6) is 0.935. The fraction of sp³-hybridized carbons (Fsp3) is 0.500. The van der Waals surface area contributed by atoms with E-state index in [2.05, 4.69) is 79.7 Å². The average molecular weight is 774 g/mol. The summed E-state index contributed by atoms with van der Waals surface area (Å²) < 4.78 is 0. The van der Waals surface area contributed by atoms with Crippen LogP contribution in [0.25, 0.3) is 0 Å². The molecule has 9 heteroatoms. The number of carbonyl (C=O) groups is 2. The summed E-state index contributed by atoms with van der Waals surface area (Å²) in [4.78, 5) is 27.2. The van der Waals surface area contributed by atoms with E-state index in [0.717, 1.165) is 98.8 Å². The van der Waals surface area contributed by atoms with Gasteiger partial charge in [-0.3, -0.25) is 9.98 Å². The van der Waals surface area contributed by atoms with Gasteiger partial charge in [0.05, 0.1) is 11.4 Å². The molecule has 0 unspecified atom stereocenters. The summed E-state index contributed by atoms with van der Waals surface area (Å²) >= 11 is 0. The number of rotatable bonds is 16. The van der Waals surface area contributed by atoms with Crippen molar-refractivity contribution in [1.82, 2.24) is 0 Å². The molecule has 0 heterocycles. The maximum absolute atomic E-state index is 11.1. The second-order valence-electron chi connectivity index (χ2n) is 15.1. The van der Waals surface area contributed by atoms with Crippen LogP contribution in [0.15, 0.2) is 58.5 Å². The fourth-order valence-electron chi connectivity index (χ4n) is 5.15. The molecule has 0 spiro atoms. The van der Waals surface area contributed by atoms with Gasteiger partial charge in [-0.2, -0.15) is 0 Å². The average Bonchev–Trinajstić information content (AvgIpc) is 3.04. The van der Waals surface area contributed by atoms with Crippen molar-refractivity contribution in [3.8, 4) is 11.5 Å². The maximum atomic E-state index is 11.1. The van der Waals surface area contributed by atoms with Crippen LogP contribution >= 0.6 is 0 Å². The molecule has 0 aromatic heterocycles. The molecule has 1 radical (unpaired) electrons. The van der Waals surface area contributed by atoms with Crippen LogP contribution in [0.1, 0.15) is 128 Å². The van der Waals surface area contributed by atoms with E-state index in [9.17, 15) is 10.2 Å². The number of carboxylic acid groups (broad SMARTS) is 2. The number of aromatic hydroxyl groups is 2. The van der Waals surface area contributed by atoms with Gasteiger partial charge in [0.2, 0.25) is 0 Å². The van der Waals surface area contributed by atoms with Crippen molar-refractivity contribution in [2.45, 2.75) is 121 Å². The van der Waals surface area contributed by atoms with Gasteiger partial charge in [-0.25, -0.2) is 0 Å². The Labute approximate surface area is 329 Å². The molecule has 0 aliphatic rings. The standard InChI is InChI=1S/C40H56N2O2.2C2H4O2.Co/c1-27(2)9-13-31-21-33(15-11-29(5)6)39(43)35(23-31)25-41-37-17-19-38(20-18-37)42-26-36-24-32(14-10-28(3)4)22-34(40(36)44)16-12-30(7)8;2*1-2(3)4;/h17-30,43-44H,9-16H2,1-8H3;2*1H3,(H,3,4);/q;;;+2/p-2. The first-order valence-electron chi connectivity index (χ1n) is 18.6. The third-order valence-electron chi connectivity index (χ3n) is 8.11. The SMILES string of the molecule is CC(=O)[O-].CC(=O)[O-].CC(C)CCc1cc(C=Nc2ccc(N=Cc3cc(CCC(C)C)cc(CCC(C)C)c3O)cc2)c(O)c(CCC(C)C)c1.[Co+2]. The molecule has 0 fully saturated rings. The van der Waals surface area contributed by atoms with Gasteiger partial charge in [0, 0.05) is 35.5 Å². The molecule has 0 aliphatic heterocycles. The molecule has 0 saturated carbocycles. The van der Waals surface area contributed by atoms with Crippen molar-refractivity contribution in [1.29, 1.82) is 0 Å². The zero-order chi connectivity index (χ0) is 39.4. The van der Waals surface area contributed by atoms with Crippen molar-refractivity contribution in [3.63, 3.8) is 0 Å². The van der Waals surface area contributed by atoms with Crippen LogP contribution in [0.5, 0.6) is 11.5 Å². The van der Waals surface area contributed by atoms with Gasteiger partial charge in [-0.15, -0.1) is 0 Å². The Bertz CT molecular complexity index is 1470. The number of aryl methyl sites for hydroxylation is 4. The molecule has 53 heavy (non-hydrogen) atoms. The number of carboxylic acids is 2. The van der Waals surface area contributed by atoms with Gasteiger partial charge in [0.15, 0.2) is 0 Å². The van der Waals surface area contributed by atoms with Crippen LogP contribution in [0, 0.1) is 23.7 Å². The van der Waals surface area contributed by atoms with E-state index in [1.807, 2.05) is 24.3 Å². The summed E-state index contributed by atoms with van der Waals surface area (Å²) in [5, 5.41) is 39.9. The number of aliphatic imine (C=N–C) groups is 2. The molecule has 0 atom stereocenters. The molecule has 0 amide bonds. The number of nitrogens with zero attached hydrogens (tertiary/aromatic N) is 2. The number of phenolic OH excluding ortho intramolecular Hbond substituents is 2. The largest absolute Gasteiger partial charge is 2.00 e. The predicted octanol–water partition coefficient (Wildman–Crippen LogP) is 8.46.